The van der Waals surface area contributed by atoms with E-state index in [-0.39, 0.29) is 18.0 Å². The van der Waals surface area contributed by atoms with Crippen LogP contribution in [0, 0.1) is 0 Å². The van der Waals surface area contributed by atoms with Gasteiger partial charge in [-0.1, -0.05) is 109 Å². The first-order chi connectivity index (χ1) is 21.4. The van der Waals surface area contributed by atoms with Crippen LogP contribution in [0.1, 0.15) is 187 Å². The third kappa shape index (κ3) is 28.9. The summed E-state index contributed by atoms with van der Waals surface area (Å²) in [5.74, 6) is -1.28. The van der Waals surface area contributed by atoms with Gasteiger partial charge in [0.05, 0.1) is 0 Å². The van der Waals surface area contributed by atoms with E-state index in [1.54, 1.807) is 0 Å². The number of esters is 1. The van der Waals surface area contributed by atoms with E-state index < -0.39 is 12.0 Å². The Balaban J connectivity index is 4.05. The topological polar surface area (TPSA) is 119 Å². The fourth-order valence-electron chi connectivity index (χ4n) is 5.50. The van der Waals surface area contributed by atoms with Gasteiger partial charge in [-0.15, -0.1) is 0 Å². The molecule has 4 N–H and O–H groups in total. The largest absolute Gasteiger partial charge is 0.480 e. The highest BCUT2D eigenvalue weighted by atomic mass is 16.5. The molecular weight excluding hydrogens is 552 g/mol. The molecule has 0 saturated heterocycles. The van der Waals surface area contributed by atoms with Crippen molar-refractivity contribution in [2.45, 2.75) is 199 Å². The number of carbonyl (C=O) groups excluding carboxylic acids is 2. The number of unbranched alkanes of at least 4 members (excludes halogenated alkanes) is 17. The van der Waals surface area contributed by atoms with Crippen LogP contribution in [0.25, 0.3) is 0 Å². The number of carboxylic acid groups (broad SMARTS) is 1. The molecule has 0 bridgehead atoms. The maximum absolute atomic E-state index is 12.6. The minimum absolute atomic E-state index is 0.00958. The zero-order chi connectivity index (χ0) is 32.5. The van der Waals surface area contributed by atoms with Crippen LogP contribution in [-0.2, 0) is 19.1 Å². The lowest BCUT2D eigenvalue weighted by Gasteiger charge is -2.18. The summed E-state index contributed by atoms with van der Waals surface area (Å²) in [4.78, 5) is 36.0. The molecule has 2 unspecified atom stereocenters. The molecule has 0 radical (unpaired) electrons. The third-order valence-corrected chi connectivity index (χ3v) is 8.33. The molecule has 0 aliphatic rings. The average molecular weight is 623 g/mol. The van der Waals surface area contributed by atoms with Gasteiger partial charge in [0.1, 0.15) is 12.1 Å². The van der Waals surface area contributed by atoms with Crippen molar-refractivity contribution in [3.05, 3.63) is 12.2 Å². The van der Waals surface area contributed by atoms with Crippen molar-refractivity contribution in [1.82, 2.24) is 5.32 Å². The van der Waals surface area contributed by atoms with Crippen molar-refractivity contribution in [1.29, 1.82) is 0 Å². The number of carbonyl (C=O) groups is 3. The predicted octanol–water partition coefficient (Wildman–Crippen LogP) is 9.56. The highest BCUT2D eigenvalue weighted by Crippen LogP contribution is 2.18. The molecule has 0 saturated carbocycles. The Labute approximate surface area is 270 Å². The summed E-state index contributed by atoms with van der Waals surface area (Å²) in [5, 5.41) is 11.9. The third-order valence-electron chi connectivity index (χ3n) is 8.33. The number of nitrogens with one attached hydrogen (secondary N) is 1. The number of aliphatic carboxylic acids is 1. The van der Waals surface area contributed by atoms with E-state index in [0.717, 1.165) is 57.8 Å². The molecule has 0 heterocycles. The van der Waals surface area contributed by atoms with Crippen molar-refractivity contribution in [3.63, 3.8) is 0 Å². The van der Waals surface area contributed by atoms with Gasteiger partial charge in [-0.25, -0.2) is 4.79 Å². The van der Waals surface area contributed by atoms with E-state index in [0.29, 0.717) is 32.2 Å². The van der Waals surface area contributed by atoms with E-state index in [9.17, 15) is 19.5 Å². The van der Waals surface area contributed by atoms with Crippen LogP contribution >= 0.6 is 0 Å². The Morgan fingerprint density at radius 2 is 1.11 bits per heavy atom. The first kappa shape index (κ1) is 42.1. The quantitative estimate of drug-likeness (QED) is 0.0381. The van der Waals surface area contributed by atoms with Crippen molar-refractivity contribution in [2.75, 3.05) is 6.54 Å². The first-order valence-corrected chi connectivity index (χ1v) is 18.5. The number of carboxylic acids is 1. The number of allylic oxidation sites excluding steroid dienone is 2. The minimum atomic E-state index is -1.01. The zero-order valence-corrected chi connectivity index (χ0v) is 28.8. The van der Waals surface area contributed by atoms with Crippen LogP contribution in [0.2, 0.25) is 0 Å². The van der Waals surface area contributed by atoms with Gasteiger partial charge in [0.15, 0.2) is 0 Å². The van der Waals surface area contributed by atoms with E-state index in [1.165, 1.54) is 89.9 Å². The summed E-state index contributed by atoms with van der Waals surface area (Å²) in [7, 11) is 0. The van der Waals surface area contributed by atoms with Gasteiger partial charge < -0.3 is 20.9 Å². The molecule has 0 aliphatic heterocycles. The van der Waals surface area contributed by atoms with Gasteiger partial charge >= 0.3 is 11.9 Å². The standard InChI is InChI=1S/C37H70N2O5/c1-3-5-7-9-10-11-12-13-14-15-16-17-18-19-25-31-36(41)44-33(27-22-8-6-4-2)28-23-20-21-24-30-35(40)39-34(37(42)43)29-26-32-38/h13-14,33-34H,3-12,15-32,38H2,1-2H3,(H,39,40)(H,42,43)/b14-13-. The summed E-state index contributed by atoms with van der Waals surface area (Å²) < 4.78 is 5.92. The first-order valence-electron chi connectivity index (χ1n) is 18.5. The van der Waals surface area contributed by atoms with Crippen LogP contribution in [0.3, 0.4) is 0 Å². The Kier molecular flexibility index (Phi) is 31.1. The average Bonchev–Trinajstić information content (AvgIpc) is 3.00. The maximum atomic E-state index is 12.6. The lowest BCUT2D eigenvalue weighted by atomic mass is 10.0. The van der Waals surface area contributed by atoms with Crippen molar-refractivity contribution in [2.24, 2.45) is 5.73 Å². The summed E-state index contributed by atoms with van der Waals surface area (Å²) >= 11 is 0. The van der Waals surface area contributed by atoms with Gasteiger partial charge in [0, 0.05) is 12.8 Å². The highest BCUT2D eigenvalue weighted by molar-refractivity contribution is 5.83. The zero-order valence-electron chi connectivity index (χ0n) is 28.8. The van der Waals surface area contributed by atoms with Gasteiger partial charge in [-0.2, -0.15) is 0 Å². The van der Waals surface area contributed by atoms with Gasteiger partial charge in [0.25, 0.3) is 0 Å². The van der Waals surface area contributed by atoms with Crippen molar-refractivity contribution >= 4 is 17.8 Å². The molecule has 258 valence electrons. The smallest absolute Gasteiger partial charge is 0.326 e. The van der Waals surface area contributed by atoms with Gasteiger partial charge in [-0.3, -0.25) is 9.59 Å². The molecule has 0 aromatic rings. The number of amides is 1. The second-order valence-electron chi connectivity index (χ2n) is 12.6. The highest BCUT2D eigenvalue weighted by Gasteiger charge is 2.19. The number of hydrogen-bond acceptors (Lipinski definition) is 5. The minimum Gasteiger partial charge on any atom is -0.480 e. The van der Waals surface area contributed by atoms with Crippen LogP contribution in [0.5, 0.6) is 0 Å². The van der Waals surface area contributed by atoms with E-state index in [4.69, 9.17) is 10.5 Å². The lowest BCUT2D eigenvalue weighted by molar-refractivity contribution is -0.150. The summed E-state index contributed by atoms with van der Waals surface area (Å²) in [6.45, 7) is 4.87. The second-order valence-corrected chi connectivity index (χ2v) is 12.6. The molecular formula is C37H70N2O5. The number of hydrogen-bond donors (Lipinski definition) is 3. The molecule has 0 spiro atoms. The molecule has 2 atom stereocenters. The summed E-state index contributed by atoms with van der Waals surface area (Å²) in [6.07, 6.45) is 32.7. The number of rotatable bonds is 33. The molecule has 7 heteroatoms. The molecule has 0 aromatic carbocycles. The molecule has 0 rings (SSSR count). The van der Waals surface area contributed by atoms with E-state index in [1.807, 2.05) is 0 Å². The fourth-order valence-corrected chi connectivity index (χ4v) is 5.50. The molecule has 44 heavy (non-hydrogen) atoms. The Morgan fingerprint density at radius 1 is 0.636 bits per heavy atom. The predicted molar refractivity (Wildman–Crippen MR) is 184 cm³/mol. The SMILES string of the molecule is CCCCCCCC/C=C\CCCCCCCC(=O)OC(CCCCCC)CCCCCCC(=O)NC(CCCN)C(=O)O. The van der Waals surface area contributed by atoms with Crippen molar-refractivity contribution in [3.8, 4) is 0 Å². The molecule has 0 fully saturated rings. The Morgan fingerprint density at radius 3 is 1.66 bits per heavy atom. The fraction of sp³-hybridized carbons (Fsp3) is 0.865. The van der Waals surface area contributed by atoms with Crippen LogP contribution in [0.4, 0.5) is 0 Å². The monoisotopic (exact) mass is 623 g/mol. The lowest BCUT2D eigenvalue weighted by Crippen LogP contribution is -2.40. The normalized spacial score (nSPS) is 12.8. The van der Waals surface area contributed by atoms with E-state index >= 15 is 0 Å². The van der Waals surface area contributed by atoms with Gasteiger partial charge in [0.2, 0.25) is 5.91 Å². The van der Waals surface area contributed by atoms with Crippen LogP contribution < -0.4 is 11.1 Å². The second kappa shape index (κ2) is 32.5. The van der Waals surface area contributed by atoms with Crippen molar-refractivity contribution < 1.29 is 24.2 Å². The number of ether oxygens (including phenoxy) is 1. The molecule has 7 nitrogen and oxygen atoms in total. The summed E-state index contributed by atoms with van der Waals surface area (Å²) in [5.41, 5.74) is 5.46. The Hall–Kier alpha value is -1.89. The van der Waals surface area contributed by atoms with E-state index in [2.05, 4.69) is 31.3 Å². The van der Waals surface area contributed by atoms with Crippen LogP contribution in [0.15, 0.2) is 12.2 Å². The Bertz CT molecular complexity index is 712. The van der Waals surface area contributed by atoms with Crippen LogP contribution in [-0.4, -0.2) is 41.6 Å². The summed E-state index contributed by atoms with van der Waals surface area (Å²) in [6, 6.07) is -0.860. The van der Waals surface area contributed by atoms with Gasteiger partial charge in [-0.05, 0) is 83.6 Å². The number of nitrogens with two attached hydrogens (primary N) is 1. The molecule has 1 amide bonds. The molecule has 0 aromatic heterocycles. The maximum Gasteiger partial charge on any atom is 0.326 e. The molecule has 0 aliphatic carbocycles.